The van der Waals surface area contributed by atoms with Crippen LogP contribution in [-0.2, 0) is 11.3 Å². The fraction of sp³-hybridized carbons (Fsp3) is 0.773. The minimum atomic E-state index is 0.218. The monoisotopic (exact) mass is 358 g/mol. The van der Waals surface area contributed by atoms with E-state index in [0.717, 1.165) is 50.5 Å². The van der Waals surface area contributed by atoms with Gasteiger partial charge >= 0.3 is 0 Å². The van der Waals surface area contributed by atoms with Gasteiger partial charge in [-0.05, 0) is 75.1 Å². The summed E-state index contributed by atoms with van der Waals surface area (Å²) >= 11 is 0. The molecule has 0 N–H and O–H groups in total. The first kappa shape index (κ1) is 18.1. The van der Waals surface area contributed by atoms with Crippen LogP contribution in [0.2, 0.25) is 0 Å². The molecule has 2 bridgehead atoms. The largest absolute Gasteiger partial charge is 0.465 e. The van der Waals surface area contributed by atoms with Gasteiger partial charge in [0.2, 0.25) is 5.91 Å². The molecule has 1 amide bonds. The predicted octanol–water partition coefficient (Wildman–Crippen LogP) is 4.23. The fourth-order valence-electron chi connectivity index (χ4n) is 6.08. The summed E-state index contributed by atoms with van der Waals surface area (Å²) in [5.41, 5.74) is 0.706. The highest BCUT2D eigenvalue weighted by molar-refractivity contribution is 5.79. The van der Waals surface area contributed by atoms with Crippen LogP contribution in [0.3, 0.4) is 0 Å². The van der Waals surface area contributed by atoms with Crippen molar-refractivity contribution < 1.29 is 9.21 Å². The number of piperidine rings is 1. The Bertz CT molecular complexity index is 671. The molecule has 4 heteroatoms. The van der Waals surface area contributed by atoms with Gasteiger partial charge < -0.3 is 9.32 Å². The van der Waals surface area contributed by atoms with Crippen LogP contribution in [0, 0.1) is 23.7 Å². The number of carbonyl (C=O) groups is 1. The highest BCUT2D eigenvalue weighted by Crippen LogP contribution is 2.52. The second kappa shape index (κ2) is 6.40. The van der Waals surface area contributed by atoms with E-state index in [-0.39, 0.29) is 5.92 Å². The van der Waals surface area contributed by atoms with Gasteiger partial charge in [-0.15, -0.1) is 0 Å². The van der Waals surface area contributed by atoms with Crippen molar-refractivity contribution in [2.45, 2.75) is 72.4 Å². The number of rotatable bonds is 3. The predicted molar refractivity (Wildman–Crippen MR) is 103 cm³/mol. The van der Waals surface area contributed by atoms with Gasteiger partial charge in [0.1, 0.15) is 11.5 Å². The molecule has 2 aliphatic heterocycles. The minimum Gasteiger partial charge on any atom is -0.465 e. The number of likely N-dealkylation sites (tertiary alicyclic amines) is 2. The Kier molecular flexibility index (Phi) is 4.45. The van der Waals surface area contributed by atoms with E-state index in [1.165, 1.54) is 19.3 Å². The summed E-state index contributed by atoms with van der Waals surface area (Å²) in [6.45, 7) is 13.0. The Labute approximate surface area is 157 Å². The topological polar surface area (TPSA) is 36.7 Å². The Morgan fingerprint density at radius 1 is 1.19 bits per heavy atom. The van der Waals surface area contributed by atoms with Crippen molar-refractivity contribution in [2.24, 2.45) is 16.7 Å². The number of carbonyl (C=O) groups excluding carboxylic acids is 1. The molecule has 1 aromatic heterocycles. The third-order valence-electron chi connectivity index (χ3n) is 6.81. The van der Waals surface area contributed by atoms with E-state index in [9.17, 15) is 4.79 Å². The van der Waals surface area contributed by atoms with Gasteiger partial charge in [0.15, 0.2) is 0 Å². The second-order valence-corrected chi connectivity index (χ2v) is 10.2. The van der Waals surface area contributed by atoms with E-state index in [1.54, 1.807) is 0 Å². The summed E-state index contributed by atoms with van der Waals surface area (Å²) in [4.78, 5) is 17.9. The summed E-state index contributed by atoms with van der Waals surface area (Å²) in [5.74, 6) is 2.66. The average Bonchev–Trinajstić information content (AvgIpc) is 3.06. The van der Waals surface area contributed by atoms with Gasteiger partial charge in [-0.3, -0.25) is 9.69 Å². The lowest BCUT2D eigenvalue weighted by atomic mass is 9.65. The second-order valence-electron chi connectivity index (χ2n) is 10.2. The maximum atomic E-state index is 13.3. The maximum absolute atomic E-state index is 13.3. The normalized spacial score (nSPS) is 32.2. The quantitative estimate of drug-likeness (QED) is 0.811. The van der Waals surface area contributed by atoms with Gasteiger partial charge in [-0.25, -0.2) is 0 Å². The van der Waals surface area contributed by atoms with Crippen LogP contribution >= 0.6 is 0 Å². The molecular weight excluding hydrogens is 324 g/mol. The average molecular weight is 359 g/mol. The smallest absolute Gasteiger partial charge is 0.226 e. The highest BCUT2D eigenvalue weighted by Gasteiger charge is 2.51. The van der Waals surface area contributed by atoms with Crippen LogP contribution in [0.4, 0.5) is 0 Å². The van der Waals surface area contributed by atoms with Gasteiger partial charge in [0.05, 0.1) is 6.54 Å². The summed E-state index contributed by atoms with van der Waals surface area (Å²) in [6.07, 6.45) is 5.61. The molecule has 1 saturated carbocycles. The molecule has 2 saturated heterocycles. The Morgan fingerprint density at radius 2 is 1.92 bits per heavy atom. The standard InChI is InChI=1S/C22H34N2O2/c1-16-5-6-19(26-16)13-23-9-7-17(8-10-23)20(25)24-15-22(4)12-18(24)11-21(2,3)14-22/h5-6,17-18H,7-15H2,1-4H3. The van der Waals surface area contributed by atoms with Crippen LogP contribution in [0.25, 0.3) is 0 Å². The zero-order valence-electron chi connectivity index (χ0n) is 16.9. The van der Waals surface area contributed by atoms with E-state index < -0.39 is 0 Å². The van der Waals surface area contributed by atoms with Crippen molar-refractivity contribution >= 4 is 5.91 Å². The van der Waals surface area contributed by atoms with E-state index >= 15 is 0 Å². The molecule has 3 heterocycles. The molecule has 26 heavy (non-hydrogen) atoms. The van der Waals surface area contributed by atoms with Crippen LogP contribution in [0.1, 0.15) is 64.4 Å². The lowest BCUT2D eigenvalue weighted by Crippen LogP contribution is -2.44. The van der Waals surface area contributed by atoms with Crippen LogP contribution < -0.4 is 0 Å². The van der Waals surface area contributed by atoms with Crippen LogP contribution in [-0.4, -0.2) is 41.4 Å². The van der Waals surface area contributed by atoms with Crippen molar-refractivity contribution in [3.8, 4) is 0 Å². The molecule has 3 fully saturated rings. The molecule has 0 aromatic carbocycles. The maximum Gasteiger partial charge on any atom is 0.226 e. The zero-order valence-corrected chi connectivity index (χ0v) is 16.9. The van der Waals surface area contributed by atoms with E-state index in [4.69, 9.17) is 4.42 Å². The molecule has 0 radical (unpaired) electrons. The molecule has 2 unspecified atom stereocenters. The van der Waals surface area contributed by atoms with Crippen molar-refractivity contribution in [3.63, 3.8) is 0 Å². The summed E-state index contributed by atoms with van der Waals surface area (Å²) in [5, 5.41) is 0. The molecule has 2 atom stereocenters. The van der Waals surface area contributed by atoms with Crippen molar-refractivity contribution in [2.75, 3.05) is 19.6 Å². The molecular formula is C22H34N2O2. The third kappa shape index (κ3) is 3.58. The van der Waals surface area contributed by atoms with E-state index in [2.05, 4.69) is 36.6 Å². The molecule has 4 nitrogen and oxygen atoms in total. The third-order valence-corrected chi connectivity index (χ3v) is 6.81. The molecule has 1 aromatic rings. The number of nitrogens with zero attached hydrogens (tertiary/aromatic N) is 2. The first-order chi connectivity index (χ1) is 12.2. The summed E-state index contributed by atoms with van der Waals surface area (Å²) in [7, 11) is 0. The fourth-order valence-corrected chi connectivity index (χ4v) is 6.08. The molecule has 144 valence electrons. The Morgan fingerprint density at radius 3 is 2.58 bits per heavy atom. The van der Waals surface area contributed by atoms with Crippen molar-refractivity contribution in [1.29, 1.82) is 0 Å². The highest BCUT2D eigenvalue weighted by atomic mass is 16.3. The zero-order chi connectivity index (χ0) is 18.5. The first-order valence-corrected chi connectivity index (χ1v) is 10.3. The number of hydrogen-bond acceptors (Lipinski definition) is 3. The first-order valence-electron chi connectivity index (χ1n) is 10.3. The lowest BCUT2D eigenvalue weighted by Gasteiger charge is -2.40. The van der Waals surface area contributed by atoms with Crippen molar-refractivity contribution in [1.82, 2.24) is 9.80 Å². The SMILES string of the molecule is Cc1ccc(CN2CCC(C(=O)N3CC4(C)CC3CC(C)(C)C4)CC2)o1. The molecule has 3 aliphatic rings. The van der Waals surface area contributed by atoms with Gasteiger partial charge in [-0.2, -0.15) is 0 Å². The van der Waals surface area contributed by atoms with Gasteiger partial charge in [-0.1, -0.05) is 20.8 Å². The minimum absolute atomic E-state index is 0.218. The van der Waals surface area contributed by atoms with Gasteiger partial charge in [0.25, 0.3) is 0 Å². The van der Waals surface area contributed by atoms with E-state index in [0.29, 0.717) is 22.8 Å². The number of furan rings is 1. The molecule has 1 aliphatic carbocycles. The van der Waals surface area contributed by atoms with Crippen molar-refractivity contribution in [3.05, 3.63) is 23.7 Å². The van der Waals surface area contributed by atoms with Gasteiger partial charge in [0, 0.05) is 18.5 Å². The Hall–Kier alpha value is -1.29. The molecule has 0 spiro atoms. The number of fused-ring (bicyclic) bond motifs is 2. The Balaban J connectivity index is 1.34. The van der Waals surface area contributed by atoms with Crippen LogP contribution in [0.15, 0.2) is 16.5 Å². The molecule has 4 rings (SSSR count). The van der Waals surface area contributed by atoms with E-state index in [1.807, 2.05) is 13.0 Å². The summed E-state index contributed by atoms with van der Waals surface area (Å²) < 4.78 is 5.70. The number of amides is 1. The lowest BCUT2D eigenvalue weighted by molar-refractivity contribution is -0.138. The number of aryl methyl sites for hydroxylation is 1. The number of hydrogen-bond donors (Lipinski definition) is 0. The van der Waals surface area contributed by atoms with Crippen LogP contribution in [0.5, 0.6) is 0 Å². The summed E-state index contributed by atoms with van der Waals surface area (Å²) in [6, 6.07) is 4.57.